The summed E-state index contributed by atoms with van der Waals surface area (Å²) in [6.07, 6.45) is 0.585. The third-order valence-electron chi connectivity index (χ3n) is 3.07. The molecule has 2 rings (SSSR count). The molecule has 0 aliphatic carbocycles. The predicted molar refractivity (Wildman–Crippen MR) is 71.7 cm³/mol. The Morgan fingerprint density at radius 3 is 2.58 bits per heavy atom. The van der Waals surface area contributed by atoms with Crippen molar-refractivity contribution in [3.63, 3.8) is 0 Å². The van der Waals surface area contributed by atoms with Crippen LogP contribution in [0.15, 0.2) is 34.8 Å². The highest BCUT2D eigenvalue weighted by Gasteiger charge is 2.16. The molecule has 98 valence electrons. The Labute approximate surface area is 110 Å². The molecule has 0 aliphatic heterocycles. The average molecular weight is 258 g/mol. The van der Waals surface area contributed by atoms with Crippen molar-refractivity contribution in [2.45, 2.75) is 20.3 Å². The molecule has 0 atom stereocenters. The van der Waals surface area contributed by atoms with E-state index in [4.69, 9.17) is 9.52 Å². The van der Waals surface area contributed by atoms with Gasteiger partial charge in [0.1, 0.15) is 5.58 Å². The topological polar surface area (TPSA) is 67.5 Å². The lowest BCUT2D eigenvalue weighted by atomic mass is 9.97. The van der Waals surface area contributed by atoms with E-state index in [2.05, 4.69) is 6.58 Å². The summed E-state index contributed by atoms with van der Waals surface area (Å²) in [7, 11) is 0. The average Bonchev–Trinajstić information content (AvgIpc) is 2.78. The number of furan rings is 1. The number of carbonyl (C=O) groups is 2. The van der Waals surface area contributed by atoms with Gasteiger partial charge >= 0.3 is 5.97 Å². The molecule has 0 radical (unpaired) electrons. The number of ketones is 1. The first-order chi connectivity index (χ1) is 8.93. The summed E-state index contributed by atoms with van der Waals surface area (Å²) in [4.78, 5) is 23.0. The van der Waals surface area contributed by atoms with Crippen LogP contribution in [0.25, 0.3) is 11.0 Å². The van der Waals surface area contributed by atoms with Crippen LogP contribution >= 0.6 is 0 Å². The molecule has 0 spiro atoms. The first kappa shape index (κ1) is 13.1. The number of hydrogen-bond donors (Lipinski definition) is 1. The fourth-order valence-corrected chi connectivity index (χ4v) is 1.89. The Balaban J connectivity index is 2.58. The van der Waals surface area contributed by atoms with E-state index in [1.165, 1.54) is 6.07 Å². The summed E-state index contributed by atoms with van der Waals surface area (Å²) in [5.41, 5.74) is 2.29. The Bertz CT molecular complexity index is 691. The highest BCUT2D eigenvalue weighted by Crippen LogP contribution is 2.25. The van der Waals surface area contributed by atoms with Crippen LogP contribution in [0.2, 0.25) is 0 Å². The van der Waals surface area contributed by atoms with Gasteiger partial charge in [0.2, 0.25) is 5.76 Å². The van der Waals surface area contributed by atoms with Crippen LogP contribution < -0.4 is 0 Å². The third kappa shape index (κ3) is 2.29. The molecule has 4 heteroatoms. The normalized spacial score (nSPS) is 10.6. The molecule has 4 nitrogen and oxygen atoms in total. The smallest absolute Gasteiger partial charge is 0.371 e. The number of allylic oxidation sites excluding steroid dienone is 1. The van der Waals surface area contributed by atoms with E-state index in [-0.39, 0.29) is 11.5 Å². The van der Waals surface area contributed by atoms with Gasteiger partial charge in [-0.1, -0.05) is 13.5 Å². The summed E-state index contributed by atoms with van der Waals surface area (Å²) >= 11 is 0. The highest BCUT2D eigenvalue weighted by molar-refractivity contribution is 6.11. The number of Topliss-reactive ketones (excluding diaryl/α,β-unsaturated/α-hetero) is 1. The van der Waals surface area contributed by atoms with Crippen LogP contribution in [0, 0.1) is 6.92 Å². The minimum atomic E-state index is -1.13. The lowest BCUT2D eigenvalue weighted by Crippen LogP contribution is -2.03. The van der Waals surface area contributed by atoms with Crippen LogP contribution in [0.5, 0.6) is 0 Å². The number of carboxylic acid groups (broad SMARTS) is 1. The van der Waals surface area contributed by atoms with Crippen LogP contribution in [-0.4, -0.2) is 16.9 Å². The Kier molecular flexibility index (Phi) is 3.25. The Morgan fingerprint density at radius 1 is 1.32 bits per heavy atom. The van der Waals surface area contributed by atoms with Gasteiger partial charge < -0.3 is 9.52 Å². The van der Waals surface area contributed by atoms with Gasteiger partial charge in [0.25, 0.3) is 0 Å². The maximum absolute atomic E-state index is 12.1. The van der Waals surface area contributed by atoms with Crippen molar-refractivity contribution in [1.29, 1.82) is 0 Å². The molecule has 19 heavy (non-hydrogen) atoms. The Hall–Kier alpha value is -2.36. The van der Waals surface area contributed by atoms with E-state index in [9.17, 15) is 9.59 Å². The molecule has 2 aromatic rings. The van der Waals surface area contributed by atoms with Crippen molar-refractivity contribution in [1.82, 2.24) is 0 Å². The summed E-state index contributed by atoms with van der Waals surface area (Å²) in [5.74, 6) is -1.37. The number of carboxylic acids is 1. The van der Waals surface area contributed by atoms with E-state index >= 15 is 0 Å². The minimum absolute atomic E-state index is 0.111. The zero-order valence-electron chi connectivity index (χ0n) is 10.8. The van der Waals surface area contributed by atoms with E-state index in [0.717, 1.165) is 5.56 Å². The van der Waals surface area contributed by atoms with E-state index < -0.39 is 5.97 Å². The number of aryl methyl sites for hydroxylation is 1. The fourth-order valence-electron chi connectivity index (χ4n) is 1.89. The number of aromatic carboxylic acids is 1. The van der Waals surface area contributed by atoms with Crippen molar-refractivity contribution in [3.05, 3.63) is 47.2 Å². The molecule has 1 N–H and O–H groups in total. The maximum atomic E-state index is 12.1. The lowest BCUT2D eigenvalue weighted by molar-refractivity contribution is 0.0665. The summed E-state index contributed by atoms with van der Waals surface area (Å²) in [6.45, 7) is 7.40. The molecule has 0 amide bonds. The molecule has 0 aliphatic rings. The minimum Gasteiger partial charge on any atom is -0.475 e. The molecule has 0 bridgehead atoms. The second-order valence-corrected chi connectivity index (χ2v) is 4.41. The predicted octanol–water partition coefficient (Wildman–Crippen LogP) is 3.59. The van der Waals surface area contributed by atoms with Crippen LogP contribution in [0.3, 0.4) is 0 Å². The van der Waals surface area contributed by atoms with Crippen molar-refractivity contribution in [2.24, 2.45) is 0 Å². The number of carbonyl (C=O) groups excluding carboxylic acids is 1. The van der Waals surface area contributed by atoms with Crippen molar-refractivity contribution >= 4 is 22.7 Å². The summed E-state index contributed by atoms with van der Waals surface area (Å²) in [5, 5.41) is 9.49. The van der Waals surface area contributed by atoms with Crippen LogP contribution in [0.1, 0.15) is 39.8 Å². The maximum Gasteiger partial charge on any atom is 0.371 e. The molecule has 0 saturated carbocycles. The number of benzene rings is 1. The van der Waals surface area contributed by atoms with Gasteiger partial charge in [-0.15, -0.1) is 0 Å². The van der Waals surface area contributed by atoms with Gasteiger partial charge in [0, 0.05) is 10.9 Å². The molecule has 0 unspecified atom stereocenters. The monoisotopic (exact) mass is 258 g/mol. The first-order valence-corrected chi connectivity index (χ1v) is 5.94. The van der Waals surface area contributed by atoms with Gasteiger partial charge in [-0.3, -0.25) is 4.79 Å². The molecule has 1 heterocycles. The van der Waals surface area contributed by atoms with E-state index in [1.54, 1.807) is 19.1 Å². The molecular weight excluding hydrogens is 244 g/mol. The second-order valence-electron chi connectivity index (χ2n) is 4.41. The number of hydrogen-bond acceptors (Lipinski definition) is 3. The van der Waals surface area contributed by atoms with Gasteiger partial charge in [-0.2, -0.15) is 0 Å². The highest BCUT2D eigenvalue weighted by atomic mass is 16.4. The van der Waals surface area contributed by atoms with Gasteiger partial charge in [-0.05, 0) is 42.7 Å². The SMILES string of the molecule is C=C(CC)C(=O)c1cc2cc(C(=O)O)oc2cc1C. The van der Waals surface area contributed by atoms with Gasteiger partial charge in [-0.25, -0.2) is 4.79 Å². The van der Waals surface area contributed by atoms with Crippen molar-refractivity contribution in [2.75, 3.05) is 0 Å². The lowest BCUT2D eigenvalue weighted by Gasteiger charge is -2.05. The third-order valence-corrected chi connectivity index (χ3v) is 3.07. The van der Waals surface area contributed by atoms with Crippen molar-refractivity contribution < 1.29 is 19.1 Å². The largest absolute Gasteiger partial charge is 0.475 e. The van der Waals surface area contributed by atoms with Gasteiger partial charge in [0.05, 0.1) is 0 Å². The number of rotatable bonds is 4. The van der Waals surface area contributed by atoms with Crippen molar-refractivity contribution in [3.8, 4) is 0 Å². The summed E-state index contributed by atoms with van der Waals surface area (Å²) in [6, 6.07) is 4.75. The van der Waals surface area contributed by atoms with E-state index in [1.807, 2.05) is 6.92 Å². The van der Waals surface area contributed by atoms with Gasteiger partial charge in [0.15, 0.2) is 5.78 Å². The molecule has 1 aromatic heterocycles. The molecule has 0 fully saturated rings. The molecular formula is C15H14O4. The zero-order chi connectivity index (χ0) is 14.2. The first-order valence-electron chi connectivity index (χ1n) is 5.94. The molecule has 1 aromatic carbocycles. The number of fused-ring (bicyclic) bond motifs is 1. The Morgan fingerprint density at radius 2 is 2.00 bits per heavy atom. The van der Waals surface area contributed by atoms with E-state index in [0.29, 0.717) is 28.5 Å². The summed E-state index contributed by atoms with van der Waals surface area (Å²) < 4.78 is 5.20. The standard InChI is InChI=1S/C15H14O4/c1-4-8(2)14(16)11-6-10-7-13(15(17)18)19-12(10)5-9(11)3/h5-7H,2,4H2,1,3H3,(H,17,18). The zero-order valence-corrected chi connectivity index (χ0v) is 10.8. The fraction of sp³-hybridized carbons (Fsp3) is 0.200. The van der Waals surface area contributed by atoms with Crippen LogP contribution in [0.4, 0.5) is 0 Å². The second kappa shape index (κ2) is 4.72. The van der Waals surface area contributed by atoms with Crippen LogP contribution in [-0.2, 0) is 0 Å². The molecule has 0 saturated heterocycles. The quantitative estimate of drug-likeness (QED) is 0.672.